The molecule has 3 rings (SSSR count). The number of hydrogen-bond donors (Lipinski definition) is 1. The number of benzene rings is 2. The smallest absolute Gasteiger partial charge is 0.241 e. The highest BCUT2D eigenvalue weighted by Gasteiger charge is 2.26. The summed E-state index contributed by atoms with van der Waals surface area (Å²) >= 11 is 0. The van der Waals surface area contributed by atoms with Crippen LogP contribution >= 0.6 is 0 Å². The summed E-state index contributed by atoms with van der Waals surface area (Å²) in [5.41, 5.74) is 3.22. The largest absolute Gasteiger partial charge is 0.396 e. The van der Waals surface area contributed by atoms with Crippen LogP contribution in [-0.2, 0) is 4.79 Å². The number of nitrogens with zero attached hydrogens (tertiary/aromatic N) is 2. The van der Waals surface area contributed by atoms with E-state index in [4.69, 9.17) is 5.11 Å². The Balaban J connectivity index is 1.75. The summed E-state index contributed by atoms with van der Waals surface area (Å²) in [4.78, 5) is 16.7. The Morgan fingerprint density at radius 2 is 1.67 bits per heavy atom. The quantitative estimate of drug-likeness (QED) is 0.831. The van der Waals surface area contributed by atoms with E-state index in [1.807, 2.05) is 41.3 Å². The lowest BCUT2D eigenvalue weighted by Gasteiger charge is -2.35. The minimum Gasteiger partial charge on any atom is -0.396 e. The highest BCUT2D eigenvalue weighted by molar-refractivity contribution is 5.99. The summed E-state index contributed by atoms with van der Waals surface area (Å²) in [6.45, 7) is 3.13. The first-order valence-corrected chi connectivity index (χ1v) is 8.57. The molecule has 1 aliphatic rings. The van der Waals surface area contributed by atoms with E-state index in [1.54, 1.807) is 0 Å². The van der Waals surface area contributed by atoms with Crippen molar-refractivity contribution in [3.63, 3.8) is 0 Å². The maximum absolute atomic E-state index is 12.7. The molecule has 0 spiro atoms. The SMILES string of the molecule is O=C1CN(CCCCO)CCN1c1ccccc1-c1ccccc1. The Kier molecular flexibility index (Phi) is 5.62. The Bertz CT molecular complexity index is 672. The Labute approximate surface area is 143 Å². The zero-order chi connectivity index (χ0) is 16.8. The van der Waals surface area contributed by atoms with Gasteiger partial charge < -0.3 is 10.0 Å². The molecule has 0 unspecified atom stereocenters. The van der Waals surface area contributed by atoms with Crippen molar-refractivity contribution in [1.29, 1.82) is 0 Å². The Hall–Kier alpha value is -2.17. The third-order valence-electron chi connectivity index (χ3n) is 4.46. The van der Waals surface area contributed by atoms with E-state index < -0.39 is 0 Å². The molecule has 126 valence electrons. The van der Waals surface area contributed by atoms with E-state index >= 15 is 0 Å². The number of rotatable bonds is 6. The van der Waals surface area contributed by atoms with Crippen LogP contribution < -0.4 is 4.90 Å². The van der Waals surface area contributed by atoms with Gasteiger partial charge in [0, 0.05) is 25.3 Å². The molecule has 1 amide bonds. The second kappa shape index (κ2) is 8.08. The van der Waals surface area contributed by atoms with Crippen LogP contribution in [0.25, 0.3) is 11.1 Å². The molecule has 0 radical (unpaired) electrons. The Morgan fingerprint density at radius 1 is 0.917 bits per heavy atom. The minimum atomic E-state index is 0.147. The third-order valence-corrected chi connectivity index (χ3v) is 4.46. The van der Waals surface area contributed by atoms with Crippen molar-refractivity contribution in [2.45, 2.75) is 12.8 Å². The van der Waals surface area contributed by atoms with E-state index in [2.05, 4.69) is 23.1 Å². The van der Waals surface area contributed by atoms with Crippen molar-refractivity contribution in [1.82, 2.24) is 4.90 Å². The molecule has 1 heterocycles. The lowest BCUT2D eigenvalue weighted by atomic mass is 10.0. The fourth-order valence-electron chi connectivity index (χ4n) is 3.19. The number of hydrogen-bond acceptors (Lipinski definition) is 3. The van der Waals surface area contributed by atoms with Crippen LogP contribution in [0, 0.1) is 0 Å². The maximum atomic E-state index is 12.7. The molecular formula is C20H24N2O2. The molecule has 0 atom stereocenters. The van der Waals surface area contributed by atoms with Gasteiger partial charge in [0.2, 0.25) is 5.91 Å². The van der Waals surface area contributed by atoms with Crippen molar-refractivity contribution in [3.8, 4) is 11.1 Å². The maximum Gasteiger partial charge on any atom is 0.241 e. The van der Waals surface area contributed by atoms with Gasteiger partial charge in [-0.3, -0.25) is 9.69 Å². The molecule has 2 aromatic rings. The number of piperazine rings is 1. The first kappa shape index (κ1) is 16.7. The number of anilines is 1. The van der Waals surface area contributed by atoms with Crippen LogP contribution in [0.3, 0.4) is 0 Å². The van der Waals surface area contributed by atoms with Crippen LogP contribution in [0.15, 0.2) is 54.6 Å². The van der Waals surface area contributed by atoms with Crippen molar-refractivity contribution >= 4 is 11.6 Å². The molecule has 1 aliphatic heterocycles. The summed E-state index contributed by atoms with van der Waals surface area (Å²) in [5.74, 6) is 0.147. The van der Waals surface area contributed by atoms with E-state index in [-0.39, 0.29) is 12.5 Å². The molecule has 0 aliphatic carbocycles. The lowest BCUT2D eigenvalue weighted by molar-refractivity contribution is -0.121. The van der Waals surface area contributed by atoms with Gasteiger partial charge >= 0.3 is 0 Å². The van der Waals surface area contributed by atoms with Gasteiger partial charge in [0.25, 0.3) is 0 Å². The van der Waals surface area contributed by atoms with Gasteiger partial charge in [-0.2, -0.15) is 0 Å². The van der Waals surface area contributed by atoms with Gasteiger partial charge in [0.15, 0.2) is 0 Å². The molecule has 1 N–H and O–H groups in total. The number of para-hydroxylation sites is 1. The average molecular weight is 324 g/mol. The zero-order valence-electron chi connectivity index (χ0n) is 13.9. The monoisotopic (exact) mass is 324 g/mol. The minimum absolute atomic E-state index is 0.147. The second-order valence-corrected chi connectivity index (χ2v) is 6.14. The first-order chi connectivity index (χ1) is 11.8. The summed E-state index contributed by atoms with van der Waals surface area (Å²) < 4.78 is 0. The number of unbranched alkanes of at least 4 members (excludes halogenated alkanes) is 1. The highest BCUT2D eigenvalue weighted by atomic mass is 16.3. The molecule has 2 aromatic carbocycles. The van der Waals surface area contributed by atoms with Crippen LogP contribution in [0.2, 0.25) is 0 Å². The van der Waals surface area contributed by atoms with Crippen LogP contribution in [0.1, 0.15) is 12.8 Å². The fraction of sp³-hybridized carbons (Fsp3) is 0.350. The summed E-state index contributed by atoms with van der Waals surface area (Å²) in [6, 6.07) is 18.3. The van der Waals surface area contributed by atoms with E-state index in [9.17, 15) is 4.79 Å². The van der Waals surface area contributed by atoms with Gasteiger partial charge in [-0.05, 0) is 31.0 Å². The predicted molar refractivity (Wildman–Crippen MR) is 97.0 cm³/mol. The Morgan fingerprint density at radius 3 is 2.42 bits per heavy atom. The van der Waals surface area contributed by atoms with Crippen molar-refractivity contribution in [2.75, 3.05) is 37.7 Å². The zero-order valence-corrected chi connectivity index (χ0v) is 13.9. The molecule has 1 saturated heterocycles. The lowest BCUT2D eigenvalue weighted by Crippen LogP contribution is -2.50. The third kappa shape index (κ3) is 3.83. The fourth-order valence-corrected chi connectivity index (χ4v) is 3.19. The van der Waals surface area contributed by atoms with Crippen molar-refractivity contribution in [3.05, 3.63) is 54.6 Å². The normalized spacial score (nSPS) is 15.7. The molecule has 1 fully saturated rings. The number of aliphatic hydroxyl groups is 1. The number of aliphatic hydroxyl groups excluding tert-OH is 1. The first-order valence-electron chi connectivity index (χ1n) is 8.57. The highest BCUT2D eigenvalue weighted by Crippen LogP contribution is 2.31. The molecule has 24 heavy (non-hydrogen) atoms. The van der Waals surface area contributed by atoms with Gasteiger partial charge in [-0.1, -0.05) is 48.5 Å². The number of amides is 1. The van der Waals surface area contributed by atoms with Crippen molar-refractivity contribution in [2.24, 2.45) is 0 Å². The van der Waals surface area contributed by atoms with Gasteiger partial charge in [-0.15, -0.1) is 0 Å². The number of carbonyl (C=O) groups excluding carboxylic acids is 1. The van der Waals surface area contributed by atoms with E-state index in [1.165, 1.54) is 0 Å². The van der Waals surface area contributed by atoms with Crippen LogP contribution in [0.5, 0.6) is 0 Å². The van der Waals surface area contributed by atoms with Crippen LogP contribution in [0.4, 0.5) is 5.69 Å². The van der Waals surface area contributed by atoms with Gasteiger partial charge in [0.05, 0.1) is 12.2 Å². The molecule has 0 bridgehead atoms. The van der Waals surface area contributed by atoms with Gasteiger partial charge in [-0.25, -0.2) is 0 Å². The second-order valence-electron chi connectivity index (χ2n) is 6.14. The molecule has 4 nitrogen and oxygen atoms in total. The summed E-state index contributed by atoms with van der Waals surface area (Å²) in [5, 5.41) is 8.88. The summed E-state index contributed by atoms with van der Waals surface area (Å²) in [6.07, 6.45) is 1.73. The van der Waals surface area contributed by atoms with Gasteiger partial charge in [0.1, 0.15) is 0 Å². The molecular weight excluding hydrogens is 300 g/mol. The molecule has 4 heteroatoms. The van der Waals surface area contributed by atoms with E-state index in [0.29, 0.717) is 13.1 Å². The van der Waals surface area contributed by atoms with Crippen molar-refractivity contribution < 1.29 is 9.90 Å². The average Bonchev–Trinajstić information content (AvgIpc) is 2.63. The number of carbonyl (C=O) groups is 1. The predicted octanol–water partition coefficient (Wildman–Crippen LogP) is 2.77. The standard InChI is InChI=1S/C20H24N2O2/c23-15-7-6-12-21-13-14-22(20(24)16-21)19-11-5-4-10-18(19)17-8-2-1-3-9-17/h1-5,8-11,23H,6-7,12-16H2. The van der Waals surface area contributed by atoms with E-state index in [0.717, 1.165) is 42.7 Å². The van der Waals surface area contributed by atoms with Crippen LogP contribution in [-0.4, -0.2) is 48.7 Å². The molecule has 0 aromatic heterocycles. The molecule has 0 saturated carbocycles. The summed E-state index contributed by atoms with van der Waals surface area (Å²) in [7, 11) is 0. The topological polar surface area (TPSA) is 43.8 Å².